The number of benzene rings is 8. The van der Waals surface area contributed by atoms with Crippen molar-refractivity contribution in [1.29, 1.82) is 0 Å². The Kier molecular flexibility index (Phi) is 2.32. The molecule has 1 aromatic heterocycles. The molecular weight excluding hydrogens is 544 g/mol. The lowest BCUT2D eigenvalue weighted by Gasteiger charge is -2.18. The second kappa shape index (κ2) is 10.4. The minimum absolute atomic E-state index is 0.632. The van der Waals surface area contributed by atoms with E-state index in [0.29, 0.717) is 0 Å². The van der Waals surface area contributed by atoms with Gasteiger partial charge in [-0.05, 0) is 55.1 Å². The molecule has 9 rings (SSSR count). The molecule has 0 saturated heterocycles. The van der Waals surface area contributed by atoms with Gasteiger partial charge in [0.1, 0.15) is 11.3 Å². The van der Waals surface area contributed by atoms with Crippen LogP contribution in [0.1, 0.15) is 38.4 Å². The Bertz CT molecular complexity index is 3980. The van der Waals surface area contributed by atoms with Crippen molar-refractivity contribution in [2.45, 2.75) is 0 Å². The highest BCUT2D eigenvalue weighted by Gasteiger charge is 2.25. The molecule has 0 aliphatic rings. The lowest BCUT2D eigenvalue weighted by atomic mass is 9.84. The van der Waals surface area contributed by atoms with Crippen LogP contribution in [0, 0.1) is 0 Å². The van der Waals surface area contributed by atoms with Crippen LogP contribution < -0.4 is 0 Å². The predicted molar refractivity (Wildman–Crippen MR) is 190 cm³/mol. The second-order valence-corrected chi connectivity index (χ2v) is 9.51. The SMILES string of the molecule is [2H]c1c([2H])c([2H])c(-c2c([2H])c([2H])c([2H])c3c(-c4c5c([2H])c([2H])c([2H])c([2H])c5c(-c5c([2H])c([2H])c([2H])c([2H])c5[2H])c5c([2H])c([2H])c([2H])c([2H])c45)c(-c4c([2H])c([2H])c5c([2H])c([2H])c([2H])c([2H])c5c4[2H])oc23)c([2H])c1[2H]. The van der Waals surface area contributed by atoms with Crippen molar-refractivity contribution in [3.05, 3.63) is 169 Å². The molecule has 0 saturated carbocycles. The van der Waals surface area contributed by atoms with E-state index in [-0.39, 0.29) is 0 Å². The summed E-state index contributed by atoms with van der Waals surface area (Å²) in [5, 5.41) is -5.25. The smallest absolute Gasteiger partial charge is 0.143 e. The normalized spacial score (nSPS) is 20.3. The number of rotatable bonds is 4. The largest absolute Gasteiger partial charge is 0.455 e. The van der Waals surface area contributed by atoms with E-state index >= 15 is 0 Å². The van der Waals surface area contributed by atoms with Crippen LogP contribution in [-0.2, 0) is 0 Å². The first-order chi connectivity index (χ1) is 34.0. The lowest BCUT2D eigenvalue weighted by molar-refractivity contribution is 0.633. The zero-order valence-electron chi connectivity index (χ0n) is 50.4. The highest BCUT2D eigenvalue weighted by Crippen LogP contribution is 2.50. The minimum atomic E-state index is -1.07. The van der Waals surface area contributed by atoms with E-state index < -0.39 is 257 Å². The van der Waals surface area contributed by atoms with Gasteiger partial charge in [-0.15, -0.1) is 0 Å². The van der Waals surface area contributed by atoms with Crippen molar-refractivity contribution >= 4 is 43.3 Å². The number of furan rings is 1. The monoisotopic (exact) mass is 600 g/mol. The Hall–Kier alpha value is -5.92. The van der Waals surface area contributed by atoms with Gasteiger partial charge in [0, 0.05) is 27.6 Å². The molecule has 0 N–H and O–H groups in total. The Balaban J connectivity index is 1.73. The van der Waals surface area contributed by atoms with E-state index in [1.54, 1.807) is 0 Å². The second-order valence-electron chi connectivity index (χ2n) is 9.51. The maximum atomic E-state index is 9.61. The van der Waals surface area contributed by atoms with Gasteiger partial charge in [0.2, 0.25) is 0 Å². The van der Waals surface area contributed by atoms with E-state index in [0.717, 1.165) is 0 Å². The zero-order valence-corrected chi connectivity index (χ0v) is 22.4. The van der Waals surface area contributed by atoms with Gasteiger partial charge in [-0.25, -0.2) is 0 Å². The molecule has 0 radical (unpaired) electrons. The Morgan fingerprint density at radius 1 is 0.356 bits per heavy atom. The Morgan fingerprint density at radius 2 is 0.889 bits per heavy atom. The third-order valence-corrected chi connectivity index (χ3v) is 7.11. The van der Waals surface area contributed by atoms with Crippen LogP contribution in [0.25, 0.3) is 88.0 Å². The van der Waals surface area contributed by atoms with Crippen molar-refractivity contribution in [2.24, 2.45) is 0 Å². The molecule has 0 aliphatic heterocycles. The van der Waals surface area contributed by atoms with Gasteiger partial charge in [0.05, 0.1) is 38.4 Å². The molecule has 1 nitrogen and oxygen atoms in total. The molecule has 0 spiro atoms. The molecule has 0 atom stereocenters. The standard InChI is InChI=1S/C44H28O/c1-3-15-30(16-4-1)34-24-13-25-39-42(43(45-44(34)39)33-27-26-29-14-7-8-19-32(29)28-33)41-37-22-11-9-20-35(37)40(31-17-5-2-6-18-31)36-21-10-12-23-38(36)41/h1-28H/i1D,2D,3D,4D,5D,6D,7D,8D,9D,10D,11D,12D,13D,14D,15D,16D,17D,18D,19D,20D,21D,22D,23D,24D,25D,26D,27D,28D. The van der Waals surface area contributed by atoms with Crippen LogP contribution in [0.5, 0.6) is 0 Å². The number of hydrogen-bond donors (Lipinski definition) is 0. The maximum Gasteiger partial charge on any atom is 0.143 e. The first-order valence-electron chi connectivity index (χ1n) is 27.2. The minimum Gasteiger partial charge on any atom is -0.455 e. The van der Waals surface area contributed by atoms with Crippen LogP contribution in [0.3, 0.4) is 0 Å². The summed E-state index contributed by atoms with van der Waals surface area (Å²) in [5.74, 6) is -0.960. The molecule has 1 heteroatoms. The van der Waals surface area contributed by atoms with Crippen LogP contribution in [-0.4, -0.2) is 0 Å². The highest BCUT2D eigenvalue weighted by molar-refractivity contribution is 6.25. The summed E-state index contributed by atoms with van der Waals surface area (Å²) >= 11 is 0. The first-order valence-corrected chi connectivity index (χ1v) is 13.2. The lowest BCUT2D eigenvalue weighted by Crippen LogP contribution is -1.91. The third-order valence-electron chi connectivity index (χ3n) is 7.11. The quantitative estimate of drug-likeness (QED) is 0.183. The van der Waals surface area contributed by atoms with Gasteiger partial charge in [-0.2, -0.15) is 0 Å². The Labute approximate surface area is 301 Å². The molecule has 0 amide bonds. The number of fused-ring (bicyclic) bond motifs is 4. The maximum absolute atomic E-state index is 9.61. The first kappa shape index (κ1) is 10.1. The molecule has 0 aliphatic carbocycles. The van der Waals surface area contributed by atoms with Gasteiger partial charge in [-0.3, -0.25) is 0 Å². The summed E-state index contributed by atoms with van der Waals surface area (Å²) in [6.07, 6.45) is 0. The van der Waals surface area contributed by atoms with Gasteiger partial charge >= 0.3 is 0 Å². The van der Waals surface area contributed by atoms with Gasteiger partial charge in [0.15, 0.2) is 0 Å². The average Bonchev–Trinajstić information content (AvgIpc) is 3.74. The number of hydrogen-bond acceptors (Lipinski definition) is 1. The van der Waals surface area contributed by atoms with E-state index in [1.807, 2.05) is 0 Å². The van der Waals surface area contributed by atoms with Crippen LogP contribution in [0.15, 0.2) is 174 Å². The molecule has 1 heterocycles. The van der Waals surface area contributed by atoms with Crippen molar-refractivity contribution in [2.75, 3.05) is 0 Å². The van der Waals surface area contributed by atoms with Crippen molar-refractivity contribution in [3.63, 3.8) is 0 Å². The summed E-state index contributed by atoms with van der Waals surface area (Å²) in [4.78, 5) is 0. The van der Waals surface area contributed by atoms with Crippen molar-refractivity contribution in [3.8, 4) is 44.7 Å². The number of para-hydroxylation sites is 1. The fourth-order valence-corrected chi connectivity index (χ4v) is 5.30. The van der Waals surface area contributed by atoms with Gasteiger partial charge < -0.3 is 4.42 Å². The van der Waals surface area contributed by atoms with E-state index in [9.17, 15) is 11.0 Å². The fourth-order valence-electron chi connectivity index (χ4n) is 5.30. The molecule has 8 aromatic carbocycles. The summed E-state index contributed by atoms with van der Waals surface area (Å²) in [6, 6.07) is -27.5. The topological polar surface area (TPSA) is 13.1 Å². The molecule has 9 aromatic rings. The van der Waals surface area contributed by atoms with Crippen LogP contribution >= 0.6 is 0 Å². The van der Waals surface area contributed by atoms with Crippen LogP contribution in [0.4, 0.5) is 0 Å². The molecule has 0 bridgehead atoms. The Morgan fingerprint density at radius 3 is 1.56 bits per heavy atom. The third kappa shape index (κ3) is 4.09. The molecular formula is C44H28O. The van der Waals surface area contributed by atoms with Gasteiger partial charge in [0.25, 0.3) is 0 Å². The fraction of sp³-hybridized carbons (Fsp3) is 0. The molecule has 210 valence electrons. The van der Waals surface area contributed by atoms with Crippen molar-refractivity contribution in [1.82, 2.24) is 0 Å². The van der Waals surface area contributed by atoms with E-state index in [1.165, 1.54) is 0 Å². The summed E-state index contributed by atoms with van der Waals surface area (Å²) < 4.78 is 257. The molecule has 0 unspecified atom stereocenters. The van der Waals surface area contributed by atoms with Crippen molar-refractivity contribution < 1.29 is 42.8 Å². The predicted octanol–water partition coefficient (Wildman–Crippen LogP) is 12.6. The summed E-state index contributed by atoms with van der Waals surface area (Å²) in [7, 11) is 0. The van der Waals surface area contributed by atoms with E-state index in [4.69, 9.17) is 31.8 Å². The van der Waals surface area contributed by atoms with Gasteiger partial charge in [-0.1, -0.05) is 163 Å². The molecule has 0 fully saturated rings. The van der Waals surface area contributed by atoms with Crippen LogP contribution in [0.2, 0.25) is 0 Å². The highest BCUT2D eigenvalue weighted by atomic mass is 16.3. The summed E-state index contributed by atoms with van der Waals surface area (Å²) in [5.41, 5.74) is -6.52. The average molecular weight is 601 g/mol. The van der Waals surface area contributed by atoms with E-state index in [2.05, 4.69) is 0 Å². The zero-order chi connectivity index (χ0) is 54.1. The molecule has 45 heavy (non-hydrogen) atoms. The summed E-state index contributed by atoms with van der Waals surface area (Å²) in [6.45, 7) is 0.